The minimum Gasteiger partial charge on any atom is -0.373 e. The second kappa shape index (κ2) is 5.09. The van der Waals surface area contributed by atoms with Crippen LogP contribution in [0.3, 0.4) is 0 Å². The summed E-state index contributed by atoms with van der Waals surface area (Å²) in [6, 6.07) is 0. The maximum absolute atomic E-state index is 5.69. The number of hydrogen-bond acceptors (Lipinski definition) is 6. The molecule has 2 unspecified atom stereocenters. The van der Waals surface area contributed by atoms with Crippen molar-refractivity contribution in [2.45, 2.75) is 32.6 Å². The van der Waals surface area contributed by atoms with Gasteiger partial charge in [0.25, 0.3) is 0 Å². The summed E-state index contributed by atoms with van der Waals surface area (Å²) in [5.41, 5.74) is 2.57. The van der Waals surface area contributed by atoms with E-state index in [9.17, 15) is 0 Å². The summed E-state index contributed by atoms with van der Waals surface area (Å²) in [4.78, 5) is 7.79. The van der Waals surface area contributed by atoms with E-state index in [2.05, 4.69) is 29.2 Å². The largest absolute Gasteiger partial charge is 0.373 e. The summed E-state index contributed by atoms with van der Waals surface area (Å²) in [5.74, 6) is 5.30. The van der Waals surface area contributed by atoms with Crippen LogP contribution in [0.15, 0.2) is 6.20 Å². The third-order valence-corrected chi connectivity index (χ3v) is 3.47. The molecule has 0 aliphatic carbocycles. The molecule has 2 heterocycles. The molecule has 1 aliphatic rings. The van der Waals surface area contributed by atoms with E-state index in [1.165, 1.54) is 4.88 Å². The standard InChI is InChI=1S/C10H18N4OS/c1-7-4-14(5-8(2)15-7)6-9-3-12-10(13-11)16-9/h3,7-8H,4-6,11H2,1-2H3,(H,12,13). The van der Waals surface area contributed by atoms with Crippen molar-refractivity contribution in [2.75, 3.05) is 18.5 Å². The average Bonchev–Trinajstić information content (AvgIpc) is 2.64. The smallest absolute Gasteiger partial charge is 0.197 e. The molecule has 0 aromatic carbocycles. The number of nitrogen functional groups attached to an aromatic ring is 1. The summed E-state index contributed by atoms with van der Waals surface area (Å²) in [5, 5.41) is 0.768. The van der Waals surface area contributed by atoms with Gasteiger partial charge in [-0.05, 0) is 13.8 Å². The second-order valence-corrected chi connectivity index (χ2v) is 5.34. The topological polar surface area (TPSA) is 63.4 Å². The third kappa shape index (κ3) is 2.91. The van der Waals surface area contributed by atoms with Crippen molar-refractivity contribution in [1.82, 2.24) is 9.88 Å². The van der Waals surface area contributed by atoms with E-state index in [0.29, 0.717) is 12.2 Å². The first-order valence-corrected chi connectivity index (χ1v) is 6.28. The predicted octanol–water partition coefficient (Wildman–Crippen LogP) is 1.04. The molecule has 0 amide bonds. The Morgan fingerprint density at radius 1 is 1.56 bits per heavy atom. The van der Waals surface area contributed by atoms with Crippen LogP contribution in [0.4, 0.5) is 5.13 Å². The van der Waals surface area contributed by atoms with Gasteiger partial charge in [-0.15, -0.1) is 0 Å². The normalized spacial score (nSPS) is 26.9. The van der Waals surface area contributed by atoms with E-state index in [0.717, 1.165) is 24.8 Å². The minimum atomic E-state index is 0.309. The molecule has 1 fully saturated rings. The lowest BCUT2D eigenvalue weighted by atomic mass is 10.2. The molecular formula is C10H18N4OS. The zero-order valence-corrected chi connectivity index (χ0v) is 10.5. The van der Waals surface area contributed by atoms with Crippen molar-refractivity contribution >= 4 is 16.5 Å². The molecule has 0 spiro atoms. The molecule has 2 rings (SSSR count). The first-order chi connectivity index (χ1) is 7.67. The molecule has 6 heteroatoms. The summed E-state index contributed by atoms with van der Waals surface area (Å²) in [6.07, 6.45) is 2.50. The van der Waals surface area contributed by atoms with E-state index < -0.39 is 0 Å². The van der Waals surface area contributed by atoms with E-state index in [1.807, 2.05) is 6.20 Å². The Hall–Kier alpha value is -0.690. The van der Waals surface area contributed by atoms with Crippen LogP contribution in [0.25, 0.3) is 0 Å². The quantitative estimate of drug-likeness (QED) is 0.612. The van der Waals surface area contributed by atoms with Crippen molar-refractivity contribution in [1.29, 1.82) is 0 Å². The first kappa shape index (κ1) is 11.8. The van der Waals surface area contributed by atoms with E-state index in [-0.39, 0.29) is 0 Å². The number of aromatic nitrogens is 1. The Morgan fingerprint density at radius 2 is 2.25 bits per heavy atom. The van der Waals surface area contributed by atoms with Crippen molar-refractivity contribution in [3.05, 3.63) is 11.1 Å². The van der Waals surface area contributed by atoms with Gasteiger partial charge in [0.2, 0.25) is 0 Å². The molecule has 16 heavy (non-hydrogen) atoms. The number of anilines is 1. The molecular weight excluding hydrogens is 224 g/mol. The molecule has 0 saturated carbocycles. The highest BCUT2D eigenvalue weighted by Gasteiger charge is 2.22. The molecule has 0 radical (unpaired) electrons. The van der Waals surface area contributed by atoms with Crippen LogP contribution < -0.4 is 11.3 Å². The first-order valence-electron chi connectivity index (χ1n) is 5.46. The van der Waals surface area contributed by atoms with Gasteiger partial charge in [0, 0.05) is 30.7 Å². The number of rotatable bonds is 3. The number of hydrazine groups is 1. The fourth-order valence-corrected chi connectivity index (χ4v) is 2.85. The van der Waals surface area contributed by atoms with Gasteiger partial charge in [-0.2, -0.15) is 0 Å². The van der Waals surface area contributed by atoms with Gasteiger partial charge < -0.3 is 4.74 Å². The highest BCUT2D eigenvalue weighted by molar-refractivity contribution is 7.15. The Morgan fingerprint density at radius 3 is 2.81 bits per heavy atom. The van der Waals surface area contributed by atoms with Crippen molar-refractivity contribution in [3.63, 3.8) is 0 Å². The molecule has 3 N–H and O–H groups in total. The molecule has 5 nitrogen and oxygen atoms in total. The lowest BCUT2D eigenvalue weighted by Gasteiger charge is -2.34. The summed E-state index contributed by atoms with van der Waals surface area (Å²) in [7, 11) is 0. The van der Waals surface area contributed by atoms with Crippen LogP contribution in [-0.4, -0.2) is 35.2 Å². The highest BCUT2D eigenvalue weighted by Crippen LogP contribution is 2.20. The summed E-state index contributed by atoms with van der Waals surface area (Å²) in [6.45, 7) is 7.11. The number of nitrogens with one attached hydrogen (secondary N) is 1. The molecule has 2 atom stereocenters. The lowest BCUT2D eigenvalue weighted by molar-refractivity contribution is -0.0702. The second-order valence-electron chi connectivity index (χ2n) is 4.23. The van der Waals surface area contributed by atoms with E-state index in [4.69, 9.17) is 10.6 Å². The van der Waals surface area contributed by atoms with E-state index in [1.54, 1.807) is 11.3 Å². The number of morpholine rings is 1. The van der Waals surface area contributed by atoms with Crippen molar-refractivity contribution in [2.24, 2.45) is 5.84 Å². The zero-order chi connectivity index (χ0) is 11.5. The summed E-state index contributed by atoms with van der Waals surface area (Å²) < 4.78 is 5.69. The Labute approximate surface area is 99.6 Å². The lowest BCUT2D eigenvalue weighted by Crippen LogP contribution is -2.44. The molecule has 0 bridgehead atoms. The molecule has 1 aromatic rings. The Bertz CT molecular complexity index is 333. The number of thiazole rings is 1. The van der Waals surface area contributed by atoms with Crippen molar-refractivity contribution in [3.8, 4) is 0 Å². The van der Waals surface area contributed by atoms with Gasteiger partial charge in [0.1, 0.15) is 0 Å². The molecule has 1 aliphatic heterocycles. The average molecular weight is 242 g/mol. The van der Waals surface area contributed by atoms with Gasteiger partial charge >= 0.3 is 0 Å². The van der Waals surface area contributed by atoms with Gasteiger partial charge in [-0.3, -0.25) is 10.3 Å². The van der Waals surface area contributed by atoms with Gasteiger partial charge in [-0.25, -0.2) is 10.8 Å². The van der Waals surface area contributed by atoms with Crippen LogP contribution in [0.2, 0.25) is 0 Å². The van der Waals surface area contributed by atoms with Gasteiger partial charge in [0.05, 0.1) is 12.2 Å². The fraction of sp³-hybridized carbons (Fsp3) is 0.700. The summed E-state index contributed by atoms with van der Waals surface area (Å²) >= 11 is 1.60. The number of nitrogens with two attached hydrogens (primary N) is 1. The van der Waals surface area contributed by atoms with Crippen LogP contribution in [-0.2, 0) is 11.3 Å². The maximum Gasteiger partial charge on any atom is 0.197 e. The zero-order valence-electron chi connectivity index (χ0n) is 9.64. The molecule has 1 saturated heterocycles. The van der Waals surface area contributed by atoms with Crippen molar-refractivity contribution < 1.29 is 4.74 Å². The highest BCUT2D eigenvalue weighted by atomic mass is 32.1. The molecule has 1 aromatic heterocycles. The molecule has 90 valence electrons. The van der Waals surface area contributed by atoms with E-state index >= 15 is 0 Å². The maximum atomic E-state index is 5.69. The van der Waals surface area contributed by atoms with Crippen LogP contribution in [0, 0.1) is 0 Å². The van der Waals surface area contributed by atoms with Gasteiger partial charge in [-0.1, -0.05) is 11.3 Å². The van der Waals surface area contributed by atoms with Crippen LogP contribution in [0.5, 0.6) is 0 Å². The third-order valence-electron chi connectivity index (χ3n) is 2.55. The minimum absolute atomic E-state index is 0.309. The predicted molar refractivity (Wildman–Crippen MR) is 65.2 cm³/mol. The number of ether oxygens (including phenoxy) is 1. The number of hydrogen-bond donors (Lipinski definition) is 2. The SMILES string of the molecule is CC1CN(Cc2cnc(NN)s2)CC(C)O1. The van der Waals surface area contributed by atoms with Gasteiger partial charge in [0.15, 0.2) is 5.13 Å². The Kier molecular flexibility index (Phi) is 3.75. The fourth-order valence-electron chi connectivity index (χ4n) is 2.08. The monoisotopic (exact) mass is 242 g/mol. The van der Waals surface area contributed by atoms with Crippen LogP contribution in [0.1, 0.15) is 18.7 Å². The van der Waals surface area contributed by atoms with Crippen LogP contribution >= 0.6 is 11.3 Å². The number of nitrogens with zero attached hydrogens (tertiary/aromatic N) is 2. The Balaban J connectivity index is 1.93.